The number of nitrogens with zero attached hydrogens (tertiary/aromatic N) is 3. The molecule has 4 heterocycles. The molecule has 10 nitrogen and oxygen atoms in total. The van der Waals surface area contributed by atoms with Gasteiger partial charge in [-0.2, -0.15) is 13.2 Å². The van der Waals surface area contributed by atoms with E-state index in [2.05, 4.69) is 31.5 Å². The summed E-state index contributed by atoms with van der Waals surface area (Å²) in [4.78, 5) is 45.7. The molecule has 0 radical (unpaired) electrons. The van der Waals surface area contributed by atoms with Crippen molar-refractivity contribution in [3.8, 4) is 0 Å². The number of nitrogens with one attached hydrogen (secondary N) is 2. The quantitative estimate of drug-likeness (QED) is 0.393. The number of hydrogen-bond donors (Lipinski definition) is 3. The van der Waals surface area contributed by atoms with Crippen LogP contribution in [0.5, 0.6) is 0 Å². The molecule has 4 aliphatic rings. The fourth-order valence-corrected chi connectivity index (χ4v) is 8.04. The standard InChI is InChI=1S/C33H40BrF3N6O4/c34-25-18-21(17-24(29(25)38)33(35,36)37)19-27(30(45)42-11-5-22(6-12-42)41-15-9-39-10-16-41)47-31(46)43-13-7-32(8-14-43)20-28(44)40-26-4-2-1-3-23(26)32/h1-4,17-18,22,27,39H,5-16,19-20,38H2,(H,40,44)/t27-/m1/s1. The summed E-state index contributed by atoms with van der Waals surface area (Å²) in [6, 6.07) is 10.4. The second-order valence-electron chi connectivity index (χ2n) is 13.0. The molecular formula is C33H40BrF3N6O4. The number of nitrogens with two attached hydrogens (primary N) is 1. The number of halogens is 4. The Morgan fingerprint density at radius 3 is 2.38 bits per heavy atom. The molecule has 1 atom stereocenters. The van der Waals surface area contributed by atoms with E-state index in [-0.39, 0.29) is 22.4 Å². The molecule has 0 aliphatic carbocycles. The molecule has 254 valence electrons. The number of amides is 3. The summed E-state index contributed by atoms with van der Waals surface area (Å²) >= 11 is 3.13. The molecule has 0 unspecified atom stereocenters. The van der Waals surface area contributed by atoms with Crippen LogP contribution in [0, 0.1) is 0 Å². The summed E-state index contributed by atoms with van der Waals surface area (Å²) in [7, 11) is 0. The van der Waals surface area contributed by atoms with Gasteiger partial charge < -0.3 is 30.9 Å². The first-order valence-electron chi connectivity index (χ1n) is 16.2. The highest BCUT2D eigenvalue weighted by Crippen LogP contribution is 2.45. The predicted molar refractivity (Wildman–Crippen MR) is 174 cm³/mol. The average Bonchev–Trinajstić information content (AvgIpc) is 3.06. The van der Waals surface area contributed by atoms with Crippen molar-refractivity contribution in [2.45, 2.75) is 62.3 Å². The first kappa shape index (κ1) is 33.5. The van der Waals surface area contributed by atoms with Crippen molar-refractivity contribution in [3.63, 3.8) is 0 Å². The van der Waals surface area contributed by atoms with Crippen LogP contribution < -0.4 is 16.4 Å². The monoisotopic (exact) mass is 720 g/mol. The number of alkyl halides is 3. The third-order valence-corrected chi connectivity index (χ3v) is 10.8. The number of fused-ring (bicyclic) bond motifs is 2. The van der Waals surface area contributed by atoms with Crippen molar-refractivity contribution in [2.24, 2.45) is 0 Å². The number of benzene rings is 2. The van der Waals surface area contributed by atoms with Crippen LogP contribution >= 0.6 is 15.9 Å². The van der Waals surface area contributed by atoms with Gasteiger partial charge in [0.15, 0.2) is 6.10 Å². The fraction of sp³-hybridized carbons (Fsp3) is 0.545. The number of likely N-dealkylation sites (tertiary alicyclic amines) is 2. The maximum Gasteiger partial charge on any atom is 0.418 e. The number of piperidine rings is 2. The van der Waals surface area contributed by atoms with Crippen molar-refractivity contribution in [1.29, 1.82) is 0 Å². The van der Waals surface area contributed by atoms with E-state index in [0.29, 0.717) is 51.5 Å². The summed E-state index contributed by atoms with van der Waals surface area (Å²) in [5.41, 5.74) is 5.84. The molecular weight excluding hydrogens is 681 g/mol. The number of para-hydroxylation sites is 1. The van der Waals surface area contributed by atoms with E-state index in [4.69, 9.17) is 10.5 Å². The summed E-state index contributed by atoms with van der Waals surface area (Å²) in [5.74, 6) is -0.496. The Labute approximate surface area is 280 Å². The van der Waals surface area contributed by atoms with E-state index in [9.17, 15) is 27.6 Å². The molecule has 14 heteroatoms. The molecule has 0 aromatic heterocycles. The number of carbonyl (C=O) groups excluding carboxylic acids is 3. The molecule has 47 heavy (non-hydrogen) atoms. The molecule has 3 fully saturated rings. The zero-order valence-electron chi connectivity index (χ0n) is 26.1. The van der Waals surface area contributed by atoms with Crippen LogP contribution in [0.2, 0.25) is 0 Å². The third-order valence-electron chi connectivity index (χ3n) is 10.1. The van der Waals surface area contributed by atoms with Gasteiger partial charge in [0.1, 0.15) is 0 Å². The van der Waals surface area contributed by atoms with Gasteiger partial charge in [-0.3, -0.25) is 14.5 Å². The third kappa shape index (κ3) is 7.24. The number of anilines is 2. The molecule has 4 N–H and O–H groups in total. The SMILES string of the molecule is Nc1c(Br)cc(C[C@@H](OC(=O)N2CCC3(CC2)CC(=O)Nc2ccccc23)C(=O)N2CCC(N3CCNCC3)CC2)cc1C(F)(F)F. The molecule has 2 aromatic carbocycles. The highest BCUT2D eigenvalue weighted by atomic mass is 79.9. The number of ether oxygens (including phenoxy) is 1. The van der Waals surface area contributed by atoms with Crippen LogP contribution in [0.1, 0.15) is 48.8 Å². The minimum Gasteiger partial charge on any atom is -0.436 e. The molecule has 1 spiro atoms. The Hall–Kier alpha value is -3.36. The van der Waals surface area contributed by atoms with Crippen LogP contribution in [0.4, 0.5) is 29.3 Å². The van der Waals surface area contributed by atoms with Crippen LogP contribution in [0.3, 0.4) is 0 Å². The lowest BCUT2D eigenvalue weighted by molar-refractivity contribution is -0.142. The molecule has 2 aromatic rings. The van der Waals surface area contributed by atoms with Crippen LogP contribution in [0.25, 0.3) is 0 Å². The van der Waals surface area contributed by atoms with Crippen molar-refractivity contribution in [3.05, 3.63) is 57.6 Å². The number of rotatable bonds is 5. The maximum absolute atomic E-state index is 14.0. The van der Waals surface area contributed by atoms with Crippen molar-refractivity contribution < 1.29 is 32.3 Å². The Morgan fingerprint density at radius 1 is 1.02 bits per heavy atom. The number of hydrogen-bond acceptors (Lipinski definition) is 7. The Balaban J connectivity index is 1.18. The number of carbonyl (C=O) groups is 3. The molecule has 3 saturated heterocycles. The van der Waals surface area contributed by atoms with Crippen molar-refractivity contribution >= 4 is 45.2 Å². The molecule has 3 amide bonds. The second kappa shape index (κ2) is 13.6. The fourth-order valence-electron chi connectivity index (χ4n) is 7.53. The summed E-state index contributed by atoms with van der Waals surface area (Å²) in [5, 5.41) is 6.28. The van der Waals surface area contributed by atoms with Gasteiger partial charge in [0.05, 0.1) is 11.3 Å². The molecule has 0 bridgehead atoms. The van der Waals surface area contributed by atoms with E-state index in [1.54, 1.807) is 4.90 Å². The summed E-state index contributed by atoms with van der Waals surface area (Å²) in [6.07, 6.45) is -4.07. The maximum atomic E-state index is 14.0. The van der Waals surface area contributed by atoms with Crippen LogP contribution in [0.15, 0.2) is 40.9 Å². The largest absolute Gasteiger partial charge is 0.436 e. The van der Waals surface area contributed by atoms with Gasteiger partial charge >= 0.3 is 12.3 Å². The Bertz CT molecular complexity index is 1500. The van der Waals surface area contributed by atoms with Gasteiger partial charge in [-0.15, -0.1) is 0 Å². The van der Waals surface area contributed by atoms with E-state index in [1.165, 1.54) is 11.0 Å². The van der Waals surface area contributed by atoms with Gasteiger partial charge in [-0.05, 0) is 70.9 Å². The topological polar surface area (TPSA) is 120 Å². The van der Waals surface area contributed by atoms with Gasteiger partial charge in [0, 0.05) is 86.8 Å². The first-order chi connectivity index (χ1) is 22.4. The lowest BCUT2D eigenvalue weighted by Gasteiger charge is -2.44. The summed E-state index contributed by atoms with van der Waals surface area (Å²) in [6.45, 7) is 5.28. The molecule has 0 saturated carbocycles. The van der Waals surface area contributed by atoms with Crippen molar-refractivity contribution in [2.75, 3.05) is 63.4 Å². The lowest BCUT2D eigenvalue weighted by atomic mass is 9.68. The molecule has 4 aliphatic heterocycles. The second-order valence-corrected chi connectivity index (χ2v) is 13.8. The zero-order valence-corrected chi connectivity index (χ0v) is 27.7. The average molecular weight is 722 g/mol. The Morgan fingerprint density at radius 2 is 1.70 bits per heavy atom. The minimum absolute atomic E-state index is 0.0508. The highest BCUT2D eigenvalue weighted by molar-refractivity contribution is 9.10. The van der Waals surface area contributed by atoms with Crippen LogP contribution in [-0.2, 0) is 32.3 Å². The minimum atomic E-state index is -4.71. The number of piperazine rings is 1. The van der Waals surface area contributed by atoms with Gasteiger partial charge in [-0.25, -0.2) is 4.79 Å². The normalized spacial score (nSPS) is 21.2. The Kier molecular flexibility index (Phi) is 9.73. The smallest absolute Gasteiger partial charge is 0.418 e. The highest BCUT2D eigenvalue weighted by Gasteiger charge is 2.44. The molecule has 6 rings (SSSR count). The van der Waals surface area contributed by atoms with Gasteiger partial charge in [0.2, 0.25) is 5.91 Å². The van der Waals surface area contributed by atoms with E-state index >= 15 is 0 Å². The van der Waals surface area contributed by atoms with Crippen LogP contribution in [-0.4, -0.2) is 97.1 Å². The lowest BCUT2D eigenvalue weighted by Crippen LogP contribution is -2.54. The number of nitrogen functional groups attached to an aromatic ring is 1. The van der Waals surface area contributed by atoms with E-state index in [0.717, 1.165) is 56.3 Å². The van der Waals surface area contributed by atoms with E-state index in [1.807, 2.05) is 24.3 Å². The van der Waals surface area contributed by atoms with Crippen molar-refractivity contribution in [1.82, 2.24) is 20.0 Å². The van der Waals surface area contributed by atoms with Gasteiger partial charge in [-0.1, -0.05) is 18.2 Å². The first-order valence-corrected chi connectivity index (χ1v) is 17.0. The predicted octanol–water partition coefficient (Wildman–Crippen LogP) is 4.37. The zero-order chi connectivity index (χ0) is 33.3. The van der Waals surface area contributed by atoms with E-state index < -0.39 is 40.9 Å². The van der Waals surface area contributed by atoms with Gasteiger partial charge in [0.25, 0.3) is 5.91 Å². The summed E-state index contributed by atoms with van der Waals surface area (Å²) < 4.78 is 47.4.